The van der Waals surface area contributed by atoms with Crippen LogP contribution in [0.15, 0.2) is 72.8 Å². The molecule has 0 aliphatic carbocycles. The topological polar surface area (TPSA) is 52.7 Å². The van der Waals surface area contributed by atoms with Crippen molar-refractivity contribution < 1.29 is 9.59 Å². The number of hydrogen-bond acceptors (Lipinski definition) is 3. The summed E-state index contributed by atoms with van der Waals surface area (Å²) in [6.45, 7) is 4.76. The Morgan fingerprint density at radius 2 is 1.48 bits per heavy atom. The Hall–Kier alpha value is -3.31. The summed E-state index contributed by atoms with van der Waals surface area (Å²) in [5, 5.41) is 3.58. The first kappa shape index (κ1) is 20.9. The van der Waals surface area contributed by atoms with Gasteiger partial charge in [0.2, 0.25) is 0 Å². The lowest BCUT2D eigenvalue weighted by molar-refractivity contribution is 0.0746. The van der Waals surface area contributed by atoms with Crippen LogP contribution < -0.4 is 10.2 Å². The maximum atomic E-state index is 12.7. The molecule has 4 rings (SSSR count). The molecule has 1 heterocycles. The van der Waals surface area contributed by atoms with Crippen molar-refractivity contribution in [1.82, 2.24) is 4.90 Å². The molecule has 0 saturated carbocycles. The van der Waals surface area contributed by atoms with Gasteiger partial charge in [0.15, 0.2) is 0 Å². The third kappa shape index (κ3) is 4.89. The minimum Gasteiger partial charge on any atom is -0.368 e. The average Bonchev–Trinajstić information content (AvgIpc) is 2.80. The summed E-state index contributed by atoms with van der Waals surface area (Å²) in [6, 6.07) is 22.4. The Bertz CT molecular complexity index is 1070. The van der Waals surface area contributed by atoms with Crippen molar-refractivity contribution in [2.45, 2.75) is 6.92 Å². The number of amides is 2. The highest BCUT2D eigenvalue weighted by Gasteiger charge is 2.22. The first-order chi connectivity index (χ1) is 15.0. The number of nitrogens with zero attached hydrogens (tertiary/aromatic N) is 2. The van der Waals surface area contributed by atoms with Crippen molar-refractivity contribution in [2.75, 3.05) is 36.4 Å². The summed E-state index contributed by atoms with van der Waals surface area (Å²) in [4.78, 5) is 29.3. The normalized spacial score (nSPS) is 13.7. The first-order valence-corrected chi connectivity index (χ1v) is 10.7. The van der Waals surface area contributed by atoms with Crippen LogP contribution in [0.5, 0.6) is 0 Å². The molecule has 3 aromatic rings. The van der Waals surface area contributed by atoms with Crippen LogP contribution in [-0.2, 0) is 0 Å². The highest BCUT2D eigenvalue weighted by Crippen LogP contribution is 2.21. The number of aryl methyl sites for hydroxylation is 1. The highest BCUT2D eigenvalue weighted by molar-refractivity contribution is 6.30. The summed E-state index contributed by atoms with van der Waals surface area (Å²) >= 11 is 5.91. The van der Waals surface area contributed by atoms with E-state index in [0.29, 0.717) is 29.2 Å². The molecule has 3 aromatic carbocycles. The molecule has 1 fully saturated rings. The second-order valence-electron chi connectivity index (χ2n) is 7.60. The monoisotopic (exact) mass is 433 g/mol. The maximum absolute atomic E-state index is 12.7. The summed E-state index contributed by atoms with van der Waals surface area (Å²) in [5.74, 6) is -0.0780. The Balaban J connectivity index is 1.34. The second kappa shape index (κ2) is 9.23. The number of piperazine rings is 1. The average molecular weight is 434 g/mol. The van der Waals surface area contributed by atoms with Gasteiger partial charge in [-0.05, 0) is 67.1 Å². The highest BCUT2D eigenvalue weighted by atomic mass is 35.5. The molecule has 0 unspecified atom stereocenters. The fraction of sp³-hybridized carbons (Fsp3) is 0.200. The van der Waals surface area contributed by atoms with Crippen LogP contribution in [0.3, 0.4) is 0 Å². The summed E-state index contributed by atoms with van der Waals surface area (Å²) in [6.07, 6.45) is 0. The van der Waals surface area contributed by atoms with Gasteiger partial charge in [0.1, 0.15) is 0 Å². The molecule has 0 aromatic heterocycles. The van der Waals surface area contributed by atoms with Gasteiger partial charge < -0.3 is 15.1 Å². The summed E-state index contributed by atoms with van der Waals surface area (Å²) in [7, 11) is 0. The zero-order valence-corrected chi connectivity index (χ0v) is 18.1. The number of carbonyl (C=O) groups is 2. The van der Waals surface area contributed by atoms with E-state index in [-0.39, 0.29) is 11.8 Å². The zero-order chi connectivity index (χ0) is 21.8. The van der Waals surface area contributed by atoms with E-state index < -0.39 is 0 Å². The first-order valence-electron chi connectivity index (χ1n) is 10.3. The van der Waals surface area contributed by atoms with E-state index in [1.165, 1.54) is 0 Å². The van der Waals surface area contributed by atoms with Crippen molar-refractivity contribution in [3.8, 4) is 0 Å². The third-order valence-electron chi connectivity index (χ3n) is 5.54. The van der Waals surface area contributed by atoms with Gasteiger partial charge in [-0.3, -0.25) is 9.59 Å². The molecular formula is C25H24ClN3O2. The molecule has 0 atom stereocenters. The van der Waals surface area contributed by atoms with Crippen molar-refractivity contribution >= 4 is 34.8 Å². The molecule has 1 aliphatic heterocycles. The molecule has 158 valence electrons. The number of halogens is 1. The lowest BCUT2D eigenvalue weighted by Crippen LogP contribution is -2.48. The number of benzene rings is 3. The van der Waals surface area contributed by atoms with E-state index in [9.17, 15) is 9.59 Å². The molecule has 31 heavy (non-hydrogen) atoms. The predicted octanol–water partition coefficient (Wildman–Crippen LogP) is 4.86. The zero-order valence-electron chi connectivity index (χ0n) is 17.3. The number of rotatable bonds is 4. The number of nitrogens with one attached hydrogen (secondary N) is 1. The number of carbonyl (C=O) groups excluding carboxylic acids is 2. The van der Waals surface area contributed by atoms with Crippen LogP contribution in [0, 0.1) is 6.92 Å². The van der Waals surface area contributed by atoms with Gasteiger partial charge in [-0.2, -0.15) is 0 Å². The van der Waals surface area contributed by atoms with E-state index in [1.807, 2.05) is 60.4 Å². The van der Waals surface area contributed by atoms with Crippen LogP contribution in [0.4, 0.5) is 11.4 Å². The van der Waals surface area contributed by atoms with Crippen molar-refractivity contribution in [1.29, 1.82) is 0 Å². The molecule has 1 saturated heterocycles. The summed E-state index contributed by atoms with van der Waals surface area (Å²) < 4.78 is 0. The lowest BCUT2D eigenvalue weighted by atomic mass is 10.1. The van der Waals surface area contributed by atoms with Gasteiger partial charge in [0.05, 0.1) is 0 Å². The standard InChI is InChI=1S/C25H24ClN3O2/c1-18-4-2-3-5-23(18)24(30)27-21-10-12-22(13-11-21)28-14-16-29(17-15-28)25(31)19-6-8-20(26)9-7-19/h2-13H,14-17H2,1H3,(H,27,30). The summed E-state index contributed by atoms with van der Waals surface area (Å²) in [5.41, 5.74) is 4.11. The van der Waals surface area contributed by atoms with Crippen LogP contribution in [0.25, 0.3) is 0 Å². The predicted molar refractivity (Wildman–Crippen MR) is 125 cm³/mol. The fourth-order valence-corrected chi connectivity index (χ4v) is 3.85. The Labute approximate surface area is 187 Å². The second-order valence-corrected chi connectivity index (χ2v) is 8.04. The fourth-order valence-electron chi connectivity index (χ4n) is 3.72. The molecule has 6 heteroatoms. The van der Waals surface area contributed by atoms with Gasteiger partial charge in [-0.1, -0.05) is 29.8 Å². The lowest BCUT2D eigenvalue weighted by Gasteiger charge is -2.36. The smallest absolute Gasteiger partial charge is 0.255 e. The van der Waals surface area contributed by atoms with E-state index in [4.69, 9.17) is 11.6 Å². The van der Waals surface area contributed by atoms with Gasteiger partial charge in [0, 0.05) is 53.7 Å². The molecule has 1 N–H and O–H groups in total. The molecule has 0 bridgehead atoms. The molecule has 0 spiro atoms. The Kier molecular flexibility index (Phi) is 6.23. The van der Waals surface area contributed by atoms with Crippen LogP contribution in [0.2, 0.25) is 5.02 Å². The number of anilines is 2. The van der Waals surface area contributed by atoms with Crippen LogP contribution >= 0.6 is 11.6 Å². The van der Waals surface area contributed by atoms with E-state index >= 15 is 0 Å². The quantitative estimate of drug-likeness (QED) is 0.639. The van der Waals surface area contributed by atoms with E-state index in [2.05, 4.69) is 10.2 Å². The molecule has 1 aliphatic rings. The van der Waals surface area contributed by atoms with Crippen molar-refractivity contribution in [3.05, 3.63) is 94.5 Å². The molecule has 2 amide bonds. The van der Waals surface area contributed by atoms with Gasteiger partial charge in [0.25, 0.3) is 11.8 Å². The van der Waals surface area contributed by atoms with E-state index in [1.54, 1.807) is 24.3 Å². The minimum atomic E-state index is -0.111. The van der Waals surface area contributed by atoms with Crippen LogP contribution in [0.1, 0.15) is 26.3 Å². The van der Waals surface area contributed by atoms with Crippen molar-refractivity contribution in [3.63, 3.8) is 0 Å². The molecular weight excluding hydrogens is 410 g/mol. The van der Waals surface area contributed by atoms with Crippen molar-refractivity contribution in [2.24, 2.45) is 0 Å². The third-order valence-corrected chi connectivity index (χ3v) is 5.79. The van der Waals surface area contributed by atoms with Gasteiger partial charge in [-0.15, -0.1) is 0 Å². The minimum absolute atomic E-state index is 0.0329. The van der Waals surface area contributed by atoms with E-state index in [0.717, 1.165) is 30.0 Å². The molecule has 5 nitrogen and oxygen atoms in total. The largest absolute Gasteiger partial charge is 0.368 e. The number of hydrogen-bond donors (Lipinski definition) is 1. The Morgan fingerprint density at radius 3 is 2.13 bits per heavy atom. The molecule has 0 radical (unpaired) electrons. The van der Waals surface area contributed by atoms with Gasteiger partial charge in [-0.25, -0.2) is 0 Å². The van der Waals surface area contributed by atoms with Gasteiger partial charge >= 0.3 is 0 Å². The Morgan fingerprint density at radius 1 is 0.839 bits per heavy atom. The maximum Gasteiger partial charge on any atom is 0.255 e. The SMILES string of the molecule is Cc1ccccc1C(=O)Nc1ccc(N2CCN(C(=O)c3ccc(Cl)cc3)CC2)cc1. The van der Waals surface area contributed by atoms with Crippen LogP contribution in [-0.4, -0.2) is 42.9 Å².